The van der Waals surface area contributed by atoms with Gasteiger partial charge in [-0.25, -0.2) is 0 Å². The summed E-state index contributed by atoms with van der Waals surface area (Å²) in [4.78, 5) is 14.6. The van der Waals surface area contributed by atoms with E-state index in [9.17, 15) is 4.79 Å². The number of carbonyl (C=O) groups is 1. The van der Waals surface area contributed by atoms with E-state index in [1.165, 1.54) is 0 Å². The summed E-state index contributed by atoms with van der Waals surface area (Å²) in [6.07, 6.45) is 0.998. The number of hydrogen-bond donors (Lipinski definition) is 1. The van der Waals surface area contributed by atoms with Crippen LogP contribution < -0.4 is 5.32 Å². The minimum atomic E-state index is -0.395. The largest absolute Gasteiger partial charge is 0.379 e. The highest BCUT2D eigenvalue weighted by Gasteiger charge is 2.24. The molecule has 5 heteroatoms. The number of carbonyl (C=O) groups excluding carboxylic acids is 1. The van der Waals surface area contributed by atoms with Crippen LogP contribution in [0.1, 0.15) is 27.2 Å². The van der Waals surface area contributed by atoms with Crippen molar-refractivity contribution in [3.63, 3.8) is 0 Å². The first-order valence-corrected chi connectivity index (χ1v) is 6.95. The van der Waals surface area contributed by atoms with Gasteiger partial charge in [0.2, 0.25) is 0 Å². The van der Waals surface area contributed by atoms with Crippen molar-refractivity contribution in [1.82, 2.24) is 10.2 Å². The van der Waals surface area contributed by atoms with Crippen LogP contribution in [0.15, 0.2) is 0 Å². The Morgan fingerprint density at radius 1 is 1.33 bits per heavy atom. The van der Waals surface area contributed by atoms with E-state index in [-0.39, 0.29) is 5.78 Å². The van der Waals surface area contributed by atoms with Gasteiger partial charge >= 0.3 is 0 Å². The average Bonchev–Trinajstić information content (AvgIpc) is 2.33. The van der Waals surface area contributed by atoms with Crippen molar-refractivity contribution in [2.75, 3.05) is 39.4 Å². The second-order valence-corrected chi connectivity index (χ2v) is 6.05. The molecular formula is C13H24N2O2S. The van der Waals surface area contributed by atoms with Crippen LogP contribution in [-0.2, 0) is 9.53 Å². The van der Waals surface area contributed by atoms with Crippen molar-refractivity contribution in [2.45, 2.75) is 27.2 Å². The highest BCUT2D eigenvalue weighted by molar-refractivity contribution is 7.82. The summed E-state index contributed by atoms with van der Waals surface area (Å²) >= 11 is 5.10. The SMILES string of the molecule is CC(C)(C)C(=O)C(=S)NCCCN1CCOCC1. The van der Waals surface area contributed by atoms with Gasteiger partial charge in [0.25, 0.3) is 0 Å². The van der Waals surface area contributed by atoms with Crippen LogP contribution in [0.3, 0.4) is 0 Å². The molecule has 0 atom stereocenters. The lowest BCUT2D eigenvalue weighted by atomic mass is 9.91. The predicted octanol–water partition coefficient (Wildman–Crippen LogP) is 1.24. The fourth-order valence-corrected chi connectivity index (χ4v) is 2.16. The van der Waals surface area contributed by atoms with Gasteiger partial charge < -0.3 is 10.1 Å². The molecule has 0 unspecified atom stereocenters. The number of nitrogens with zero attached hydrogens (tertiary/aromatic N) is 1. The molecular weight excluding hydrogens is 248 g/mol. The average molecular weight is 272 g/mol. The molecule has 0 aromatic heterocycles. The van der Waals surface area contributed by atoms with E-state index in [1.807, 2.05) is 20.8 Å². The third kappa shape index (κ3) is 5.42. The van der Waals surface area contributed by atoms with Crippen molar-refractivity contribution < 1.29 is 9.53 Å². The van der Waals surface area contributed by atoms with Crippen molar-refractivity contribution >= 4 is 23.0 Å². The van der Waals surface area contributed by atoms with Crippen LogP contribution in [0.5, 0.6) is 0 Å². The van der Waals surface area contributed by atoms with Gasteiger partial charge in [-0.2, -0.15) is 0 Å². The Morgan fingerprint density at radius 3 is 2.50 bits per heavy atom. The van der Waals surface area contributed by atoms with Gasteiger partial charge in [-0.1, -0.05) is 33.0 Å². The number of thiocarbonyl (C=S) groups is 1. The molecule has 0 radical (unpaired) electrons. The van der Waals surface area contributed by atoms with Crippen molar-refractivity contribution in [3.8, 4) is 0 Å². The molecule has 0 amide bonds. The molecule has 0 aromatic rings. The molecule has 1 aliphatic rings. The second kappa shape index (κ2) is 7.16. The van der Waals surface area contributed by atoms with Crippen molar-refractivity contribution in [3.05, 3.63) is 0 Å². The Balaban J connectivity index is 2.14. The van der Waals surface area contributed by atoms with E-state index < -0.39 is 5.41 Å². The molecule has 0 aromatic carbocycles. The number of nitrogens with one attached hydrogen (secondary N) is 1. The van der Waals surface area contributed by atoms with Crippen LogP contribution in [0.25, 0.3) is 0 Å². The number of hydrogen-bond acceptors (Lipinski definition) is 4. The first kappa shape index (κ1) is 15.5. The van der Waals surface area contributed by atoms with Crippen LogP contribution in [0.2, 0.25) is 0 Å². The van der Waals surface area contributed by atoms with Gasteiger partial charge in [0.15, 0.2) is 5.78 Å². The molecule has 1 rings (SSSR count). The molecule has 4 nitrogen and oxygen atoms in total. The smallest absolute Gasteiger partial charge is 0.195 e. The maximum absolute atomic E-state index is 11.8. The summed E-state index contributed by atoms with van der Waals surface area (Å²) in [5.41, 5.74) is -0.395. The minimum absolute atomic E-state index is 0.0175. The molecule has 0 saturated carbocycles. The van der Waals surface area contributed by atoms with E-state index in [4.69, 9.17) is 17.0 Å². The molecule has 1 aliphatic heterocycles. The van der Waals surface area contributed by atoms with Crippen molar-refractivity contribution in [2.24, 2.45) is 5.41 Å². The minimum Gasteiger partial charge on any atom is -0.379 e. The maximum Gasteiger partial charge on any atom is 0.195 e. The molecule has 1 N–H and O–H groups in total. The van der Waals surface area contributed by atoms with Gasteiger partial charge in [0.05, 0.1) is 13.2 Å². The molecule has 18 heavy (non-hydrogen) atoms. The topological polar surface area (TPSA) is 41.6 Å². The van der Waals surface area contributed by atoms with Gasteiger partial charge in [-0.3, -0.25) is 9.69 Å². The van der Waals surface area contributed by atoms with E-state index in [2.05, 4.69) is 10.2 Å². The first-order chi connectivity index (χ1) is 8.41. The van der Waals surface area contributed by atoms with E-state index in [0.29, 0.717) is 4.99 Å². The van der Waals surface area contributed by atoms with Crippen LogP contribution in [0.4, 0.5) is 0 Å². The maximum atomic E-state index is 11.8. The zero-order valence-corrected chi connectivity index (χ0v) is 12.4. The number of ketones is 1. The van der Waals surface area contributed by atoms with E-state index >= 15 is 0 Å². The molecule has 0 bridgehead atoms. The number of ether oxygens (including phenoxy) is 1. The lowest BCUT2D eigenvalue weighted by Gasteiger charge is -2.26. The number of rotatable bonds is 5. The normalized spacial score (nSPS) is 17.5. The third-order valence-corrected chi connectivity index (χ3v) is 3.26. The molecule has 104 valence electrons. The standard InChI is InChI=1S/C13H24N2O2S/c1-13(2,3)11(16)12(18)14-5-4-6-15-7-9-17-10-8-15/h4-10H2,1-3H3,(H,14,18). The summed E-state index contributed by atoms with van der Waals surface area (Å²) < 4.78 is 5.29. The third-order valence-electron chi connectivity index (χ3n) is 2.93. The summed E-state index contributed by atoms with van der Waals surface area (Å²) in [5, 5.41) is 3.05. The first-order valence-electron chi connectivity index (χ1n) is 6.54. The van der Waals surface area contributed by atoms with E-state index in [1.54, 1.807) is 0 Å². The zero-order valence-electron chi connectivity index (χ0n) is 11.6. The Labute approximate surface area is 115 Å². The molecule has 0 spiro atoms. The zero-order chi connectivity index (χ0) is 13.6. The quantitative estimate of drug-likeness (QED) is 0.602. The summed E-state index contributed by atoms with van der Waals surface area (Å²) in [7, 11) is 0. The predicted molar refractivity (Wildman–Crippen MR) is 76.9 cm³/mol. The Bertz CT molecular complexity index is 294. The molecule has 1 heterocycles. The van der Waals surface area contributed by atoms with E-state index in [0.717, 1.165) is 45.8 Å². The van der Waals surface area contributed by atoms with Crippen molar-refractivity contribution in [1.29, 1.82) is 0 Å². The highest BCUT2D eigenvalue weighted by Crippen LogP contribution is 2.14. The van der Waals surface area contributed by atoms with Crippen LogP contribution >= 0.6 is 12.2 Å². The molecule has 0 aliphatic carbocycles. The summed E-state index contributed by atoms with van der Waals surface area (Å²) in [6.45, 7) is 11.1. The lowest BCUT2D eigenvalue weighted by Crippen LogP contribution is -2.40. The Hall–Kier alpha value is -0.520. The fourth-order valence-electron chi connectivity index (χ4n) is 1.75. The van der Waals surface area contributed by atoms with Gasteiger partial charge in [-0.05, 0) is 13.0 Å². The highest BCUT2D eigenvalue weighted by atomic mass is 32.1. The van der Waals surface area contributed by atoms with Gasteiger partial charge in [-0.15, -0.1) is 0 Å². The van der Waals surface area contributed by atoms with Crippen LogP contribution in [0, 0.1) is 5.41 Å². The Kier molecular flexibility index (Phi) is 6.18. The molecule has 1 saturated heterocycles. The lowest BCUT2D eigenvalue weighted by molar-refractivity contribution is -0.119. The van der Waals surface area contributed by atoms with Gasteiger partial charge in [0, 0.05) is 25.0 Å². The Morgan fingerprint density at radius 2 is 1.94 bits per heavy atom. The van der Waals surface area contributed by atoms with Crippen LogP contribution in [-0.4, -0.2) is 55.1 Å². The number of morpholine rings is 1. The number of Topliss-reactive ketones (excluding diaryl/α,β-unsaturated/α-hetero) is 1. The second-order valence-electron chi connectivity index (χ2n) is 5.64. The molecule has 1 fully saturated rings. The monoisotopic (exact) mass is 272 g/mol. The summed E-state index contributed by atoms with van der Waals surface area (Å²) in [6, 6.07) is 0. The fraction of sp³-hybridized carbons (Fsp3) is 0.846. The summed E-state index contributed by atoms with van der Waals surface area (Å²) in [5.74, 6) is 0.0175. The van der Waals surface area contributed by atoms with Gasteiger partial charge in [0.1, 0.15) is 4.99 Å².